The fourth-order valence-corrected chi connectivity index (χ4v) is 2.86. The molecule has 0 bridgehead atoms. The van der Waals surface area contributed by atoms with E-state index in [9.17, 15) is 18.0 Å². The van der Waals surface area contributed by atoms with E-state index in [4.69, 9.17) is 18.8 Å². The summed E-state index contributed by atoms with van der Waals surface area (Å²) >= 11 is 0. The van der Waals surface area contributed by atoms with E-state index in [1.54, 1.807) is 0 Å². The van der Waals surface area contributed by atoms with Gasteiger partial charge in [-0.3, -0.25) is 0 Å². The first-order valence-electron chi connectivity index (χ1n) is 10.3. The molecule has 2 aromatic heterocycles. The van der Waals surface area contributed by atoms with Gasteiger partial charge >= 0.3 is 19.3 Å². The van der Waals surface area contributed by atoms with Crippen LogP contribution in [-0.2, 0) is 14.0 Å². The first-order chi connectivity index (χ1) is 15.1. The van der Waals surface area contributed by atoms with E-state index in [2.05, 4.69) is 10.1 Å². The molecule has 8 nitrogen and oxygen atoms in total. The topological polar surface area (TPSA) is 84.7 Å². The molecule has 0 unspecified atom stereocenters. The Balaban J connectivity index is 1.90. The smallest absolute Gasteiger partial charge is 0.476 e. The van der Waals surface area contributed by atoms with Crippen molar-refractivity contribution in [2.24, 2.45) is 5.41 Å². The summed E-state index contributed by atoms with van der Waals surface area (Å²) in [6.45, 7) is 8.98. The standard InChI is InChI=1S/C21H27BF3N3O5/c1-18(2,21(23,24)25)12-31-15-10-11-28(27-15)14-9-8-13(17(29)30-7)16(26-14)22-32-19(3,4)20(5,6)33-22/h8-11H,12H2,1-7H3. The molecule has 0 amide bonds. The fraction of sp³-hybridized carbons (Fsp3) is 0.571. The van der Waals surface area contributed by atoms with Crippen molar-refractivity contribution in [1.82, 2.24) is 14.8 Å². The summed E-state index contributed by atoms with van der Waals surface area (Å²) in [4.78, 5) is 16.8. The van der Waals surface area contributed by atoms with Crippen LogP contribution in [0.4, 0.5) is 13.2 Å². The molecule has 0 aromatic carbocycles. The van der Waals surface area contributed by atoms with Gasteiger partial charge in [0.15, 0.2) is 5.82 Å². The molecule has 12 heteroatoms. The minimum atomic E-state index is -4.42. The van der Waals surface area contributed by atoms with Gasteiger partial charge < -0.3 is 18.8 Å². The number of aromatic nitrogens is 3. The summed E-state index contributed by atoms with van der Waals surface area (Å²) in [5.41, 5.74) is -3.01. The molecule has 1 saturated heterocycles. The van der Waals surface area contributed by atoms with Gasteiger partial charge in [-0.15, -0.1) is 5.10 Å². The Hall–Kier alpha value is -2.60. The Labute approximate surface area is 190 Å². The second kappa shape index (κ2) is 8.32. The van der Waals surface area contributed by atoms with Crippen molar-refractivity contribution in [3.8, 4) is 11.7 Å². The van der Waals surface area contributed by atoms with E-state index < -0.39 is 42.5 Å². The summed E-state index contributed by atoms with van der Waals surface area (Å²) in [7, 11) is 0.312. The molecular weight excluding hydrogens is 442 g/mol. The van der Waals surface area contributed by atoms with Gasteiger partial charge in [0.05, 0.1) is 34.9 Å². The zero-order chi connectivity index (χ0) is 24.8. The number of hydrogen-bond acceptors (Lipinski definition) is 7. The van der Waals surface area contributed by atoms with Crippen molar-refractivity contribution in [3.05, 3.63) is 30.0 Å². The highest BCUT2D eigenvalue weighted by Gasteiger charge is 2.53. The highest BCUT2D eigenvalue weighted by molar-refractivity contribution is 6.62. The Morgan fingerprint density at radius 1 is 1.12 bits per heavy atom. The number of halogens is 3. The number of alkyl halides is 3. The maximum absolute atomic E-state index is 13.1. The maximum atomic E-state index is 13.1. The molecule has 180 valence electrons. The molecule has 0 N–H and O–H groups in total. The van der Waals surface area contributed by atoms with Crippen LogP contribution in [0.2, 0.25) is 0 Å². The number of rotatable bonds is 6. The Kier molecular flexibility index (Phi) is 6.31. The van der Waals surface area contributed by atoms with Crippen LogP contribution < -0.4 is 10.3 Å². The molecule has 0 atom stereocenters. The van der Waals surface area contributed by atoms with E-state index in [0.29, 0.717) is 0 Å². The summed E-state index contributed by atoms with van der Waals surface area (Å²) in [6, 6.07) is 4.46. The number of esters is 1. The van der Waals surface area contributed by atoms with Gasteiger partial charge in [0.25, 0.3) is 0 Å². The van der Waals surface area contributed by atoms with Gasteiger partial charge in [0.1, 0.15) is 6.61 Å². The lowest BCUT2D eigenvalue weighted by atomic mass is 9.80. The Bertz CT molecular complexity index is 1020. The number of carbonyl (C=O) groups is 1. The summed E-state index contributed by atoms with van der Waals surface area (Å²) in [5.74, 6) is -0.321. The van der Waals surface area contributed by atoms with Gasteiger partial charge in [-0.05, 0) is 53.7 Å². The van der Waals surface area contributed by atoms with Crippen LogP contribution >= 0.6 is 0 Å². The molecule has 1 aliphatic rings. The largest absolute Gasteiger partial charge is 0.515 e. The third kappa shape index (κ3) is 4.86. The lowest BCUT2D eigenvalue weighted by Gasteiger charge is -2.32. The minimum absolute atomic E-state index is 0.00310. The maximum Gasteiger partial charge on any atom is 0.515 e. The highest BCUT2D eigenvalue weighted by Crippen LogP contribution is 2.38. The SMILES string of the molecule is COC(=O)c1ccc(-n2ccc(OCC(C)(C)C(F)(F)F)n2)nc1B1OC(C)(C)C(C)(C)O1. The predicted octanol–water partition coefficient (Wildman–Crippen LogP) is 3.32. The second-order valence-corrected chi connectivity index (χ2v) is 9.45. The van der Waals surface area contributed by atoms with Crippen molar-refractivity contribution in [2.45, 2.75) is 58.9 Å². The van der Waals surface area contributed by atoms with Gasteiger partial charge in [-0.1, -0.05) is 0 Å². The average molecular weight is 469 g/mol. The number of nitrogens with zero attached hydrogens (tertiary/aromatic N) is 3. The van der Waals surface area contributed by atoms with Crippen LogP contribution in [0, 0.1) is 5.41 Å². The van der Waals surface area contributed by atoms with Crippen molar-refractivity contribution in [3.63, 3.8) is 0 Å². The van der Waals surface area contributed by atoms with Crippen molar-refractivity contribution < 1.29 is 36.7 Å². The van der Waals surface area contributed by atoms with Crippen molar-refractivity contribution >= 4 is 18.7 Å². The first-order valence-corrected chi connectivity index (χ1v) is 10.3. The van der Waals surface area contributed by atoms with E-state index in [1.807, 2.05) is 27.7 Å². The van der Waals surface area contributed by atoms with Crippen molar-refractivity contribution in [1.29, 1.82) is 0 Å². The molecule has 3 heterocycles. The lowest BCUT2D eigenvalue weighted by Crippen LogP contribution is -2.41. The molecule has 1 aliphatic heterocycles. The van der Waals surface area contributed by atoms with E-state index >= 15 is 0 Å². The van der Waals surface area contributed by atoms with E-state index in [-0.39, 0.29) is 22.9 Å². The van der Waals surface area contributed by atoms with Crippen LogP contribution in [0.1, 0.15) is 51.9 Å². The minimum Gasteiger partial charge on any atom is -0.476 e. The van der Waals surface area contributed by atoms with Gasteiger partial charge in [0, 0.05) is 12.3 Å². The molecule has 1 fully saturated rings. The third-order valence-electron chi connectivity index (χ3n) is 5.94. The third-order valence-corrected chi connectivity index (χ3v) is 5.94. The molecule has 0 spiro atoms. The van der Waals surface area contributed by atoms with Gasteiger partial charge in [0.2, 0.25) is 5.88 Å². The van der Waals surface area contributed by atoms with Crippen LogP contribution in [0.15, 0.2) is 24.4 Å². The first kappa shape index (κ1) is 25.0. The number of methoxy groups -OCH3 is 1. The molecule has 33 heavy (non-hydrogen) atoms. The lowest BCUT2D eigenvalue weighted by molar-refractivity contribution is -0.219. The van der Waals surface area contributed by atoms with Gasteiger partial charge in [-0.25, -0.2) is 14.5 Å². The fourth-order valence-electron chi connectivity index (χ4n) is 2.86. The van der Waals surface area contributed by atoms with E-state index in [1.165, 1.54) is 36.2 Å². The van der Waals surface area contributed by atoms with Crippen LogP contribution in [-0.4, -0.2) is 58.9 Å². The average Bonchev–Trinajstić information content (AvgIpc) is 3.26. The van der Waals surface area contributed by atoms with E-state index in [0.717, 1.165) is 13.8 Å². The molecule has 0 radical (unpaired) electrons. The Morgan fingerprint density at radius 2 is 1.73 bits per heavy atom. The number of pyridine rings is 1. The molecule has 2 aromatic rings. The zero-order valence-corrected chi connectivity index (χ0v) is 19.6. The molecule has 3 rings (SSSR count). The number of hydrogen-bond donors (Lipinski definition) is 0. The van der Waals surface area contributed by atoms with Crippen molar-refractivity contribution in [2.75, 3.05) is 13.7 Å². The zero-order valence-electron chi connectivity index (χ0n) is 19.6. The van der Waals surface area contributed by atoms with Crippen LogP contribution in [0.25, 0.3) is 5.82 Å². The quantitative estimate of drug-likeness (QED) is 0.474. The molecule has 0 aliphatic carbocycles. The highest BCUT2D eigenvalue weighted by atomic mass is 19.4. The summed E-state index contributed by atoms with van der Waals surface area (Å²) < 4.78 is 62.7. The summed E-state index contributed by atoms with van der Waals surface area (Å²) in [5, 5.41) is 4.15. The summed E-state index contributed by atoms with van der Waals surface area (Å²) in [6.07, 6.45) is -2.93. The van der Waals surface area contributed by atoms with Gasteiger partial charge in [-0.2, -0.15) is 13.2 Å². The normalized spacial score (nSPS) is 17.8. The monoisotopic (exact) mass is 469 g/mol. The molecular formula is C21H27BF3N3O5. The van der Waals surface area contributed by atoms with Crippen LogP contribution in [0.3, 0.4) is 0 Å². The predicted molar refractivity (Wildman–Crippen MR) is 114 cm³/mol. The number of carbonyl (C=O) groups excluding carboxylic acids is 1. The molecule has 0 saturated carbocycles. The Morgan fingerprint density at radius 3 is 2.27 bits per heavy atom. The van der Waals surface area contributed by atoms with Crippen LogP contribution in [0.5, 0.6) is 5.88 Å². The number of ether oxygens (including phenoxy) is 2. The second-order valence-electron chi connectivity index (χ2n) is 9.45.